The second-order valence-electron chi connectivity index (χ2n) is 4.57. The summed E-state index contributed by atoms with van der Waals surface area (Å²) < 4.78 is 0. The van der Waals surface area contributed by atoms with Crippen LogP contribution in [0, 0.1) is 19.3 Å². The molecule has 2 amide bonds. The van der Waals surface area contributed by atoms with E-state index in [1.165, 1.54) is 4.90 Å². The number of nitrogens with zero attached hydrogens (tertiary/aromatic N) is 1. The van der Waals surface area contributed by atoms with Crippen molar-refractivity contribution in [2.24, 2.45) is 0 Å². The smallest absolute Gasteiger partial charge is 0.323 e. The maximum atomic E-state index is 12.1. The van der Waals surface area contributed by atoms with E-state index in [-0.39, 0.29) is 6.04 Å². The van der Waals surface area contributed by atoms with Gasteiger partial charge in [0.2, 0.25) is 0 Å². The third kappa shape index (κ3) is 4.65. The number of terminal acetylenes is 1. The topological polar surface area (TPSA) is 69.6 Å². The lowest BCUT2D eigenvalue weighted by Crippen LogP contribution is -2.46. The van der Waals surface area contributed by atoms with Crippen LogP contribution in [0.15, 0.2) is 24.3 Å². The molecule has 0 aliphatic heterocycles. The minimum Gasteiger partial charge on any atom is -0.480 e. The standard InChI is InChI=1S/C15H18N2O3/c1-4-5-12(3)16-15(20)17(10-14(18)19)13-8-6-11(2)7-9-13/h1,6-9,12H,5,10H2,2-3H3,(H,16,20)(H,18,19). The summed E-state index contributed by atoms with van der Waals surface area (Å²) >= 11 is 0. The Hall–Kier alpha value is -2.48. The van der Waals surface area contributed by atoms with Gasteiger partial charge in [0.1, 0.15) is 6.54 Å². The largest absolute Gasteiger partial charge is 0.480 e. The van der Waals surface area contributed by atoms with Crippen molar-refractivity contribution in [1.29, 1.82) is 0 Å². The predicted molar refractivity (Wildman–Crippen MR) is 77.6 cm³/mol. The van der Waals surface area contributed by atoms with Gasteiger partial charge in [-0.3, -0.25) is 9.69 Å². The fraction of sp³-hybridized carbons (Fsp3) is 0.333. The Morgan fingerprint density at radius 1 is 1.40 bits per heavy atom. The Morgan fingerprint density at radius 2 is 2.00 bits per heavy atom. The van der Waals surface area contributed by atoms with Crippen molar-refractivity contribution in [3.63, 3.8) is 0 Å². The van der Waals surface area contributed by atoms with Crippen molar-refractivity contribution in [1.82, 2.24) is 5.32 Å². The molecule has 0 aliphatic carbocycles. The number of carbonyl (C=O) groups is 2. The Morgan fingerprint density at radius 3 is 2.50 bits per heavy atom. The van der Waals surface area contributed by atoms with E-state index in [1.807, 2.05) is 19.1 Å². The normalized spacial score (nSPS) is 11.2. The zero-order valence-corrected chi connectivity index (χ0v) is 11.6. The first-order valence-corrected chi connectivity index (χ1v) is 6.24. The van der Waals surface area contributed by atoms with Gasteiger partial charge in [0, 0.05) is 18.2 Å². The molecule has 0 radical (unpaired) electrons. The highest BCUT2D eigenvalue weighted by Gasteiger charge is 2.19. The predicted octanol–water partition coefficient (Wildman–Crippen LogP) is 2.01. The van der Waals surface area contributed by atoms with Gasteiger partial charge >= 0.3 is 12.0 Å². The number of amides is 2. The SMILES string of the molecule is C#CCC(C)NC(=O)N(CC(=O)O)c1ccc(C)cc1. The van der Waals surface area contributed by atoms with Crippen LogP contribution in [0.1, 0.15) is 18.9 Å². The molecule has 0 bridgehead atoms. The molecule has 2 N–H and O–H groups in total. The van der Waals surface area contributed by atoms with Gasteiger partial charge in [-0.2, -0.15) is 0 Å². The molecule has 1 rings (SSSR count). The van der Waals surface area contributed by atoms with E-state index in [9.17, 15) is 9.59 Å². The van der Waals surface area contributed by atoms with Gasteiger partial charge in [0.25, 0.3) is 0 Å². The van der Waals surface area contributed by atoms with E-state index in [2.05, 4.69) is 11.2 Å². The highest BCUT2D eigenvalue weighted by atomic mass is 16.4. The van der Waals surface area contributed by atoms with Crippen molar-refractivity contribution in [2.45, 2.75) is 26.3 Å². The number of anilines is 1. The molecule has 1 aromatic rings. The number of urea groups is 1. The van der Waals surface area contributed by atoms with Crippen LogP contribution >= 0.6 is 0 Å². The van der Waals surface area contributed by atoms with Crippen LogP contribution in [0.25, 0.3) is 0 Å². The fourth-order valence-electron chi connectivity index (χ4n) is 1.66. The van der Waals surface area contributed by atoms with Crippen molar-refractivity contribution in [3.05, 3.63) is 29.8 Å². The van der Waals surface area contributed by atoms with Gasteiger partial charge in [0.05, 0.1) is 0 Å². The summed E-state index contributed by atoms with van der Waals surface area (Å²) in [5, 5.41) is 11.6. The average molecular weight is 274 g/mol. The first-order valence-electron chi connectivity index (χ1n) is 6.24. The van der Waals surface area contributed by atoms with E-state index in [0.29, 0.717) is 12.1 Å². The van der Waals surface area contributed by atoms with Gasteiger partial charge < -0.3 is 10.4 Å². The highest BCUT2D eigenvalue weighted by Crippen LogP contribution is 2.15. The Balaban J connectivity index is 2.89. The average Bonchev–Trinajstić information content (AvgIpc) is 2.37. The molecular weight excluding hydrogens is 256 g/mol. The van der Waals surface area contributed by atoms with E-state index >= 15 is 0 Å². The van der Waals surface area contributed by atoms with Crippen LogP contribution in [0.4, 0.5) is 10.5 Å². The highest BCUT2D eigenvalue weighted by molar-refractivity contribution is 5.96. The number of rotatable bonds is 5. The number of benzene rings is 1. The molecule has 1 aromatic carbocycles. The number of hydrogen-bond donors (Lipinski definition) is 2. The van der Waals surface area contributed by atoms with Crippen molar-refractivity contribution < 1.29 is 14.7 Å². The summed E-state index contributed by atoms with van der Waals surface area (Å²) in [6, 6.07) is 6.38. The number of carboxylic acids is 1. The van der Waals surface area contributed by atoms with Gasteiger partial charge in [-0.05, 0) is 26.0 Å². The Bertz CT molecular complexity index is 517. The number of aryl methyl sites for hydroxylation is 1. The number of carbonyl (C=O) groups excluding carboxylic acids is 1. The van der Waals surface area contributed by atoms with Crippen LogP contribution in [-0.4, -0.2) is 29.7 Å². The summed E-state index contributed by atoms with van der Waals surface area (Å²) in [7, 11) is 0. The number of aliphatic carboxylic acids is 1. The maximum absolute atomic E-state index is 12.1. The van der Waals surface area contributed by atoms with Crippen molar-refractivity contribution in [2.75, 3.05) is 11.4 Å². The lowest BCUT2D eigenvalue weighted by atomic mass is 10.2. The maximum Gasteiger partial charge on any atom is 0.323 e. The first kappa shape index (κ1) is 15.6. The molecule has 1 unspecified atom stereocenters. The second kappa shape index (κ2) is 7.19. The molecule has 20 heavy (non-hydrogen) atoms. The van der Waals surface area contributed by atoms with Crippen LogP contribution < -0.4 is 10.2 Å². The molecule has 1 atom stereocenters. The quantitative estimate of drug-likeness (QED) is 0.807. The molecule has 0 aromatic heterocycles. The summed E-state index contributed by atoms with van der Waals surface area (Å²) in [5.41, 5.74) is 1.56. The lowest BCUT2D eigenvalue weighted by molar-refractivity contribution is -0.135. The van der Waals surface area contributed by atoms with E-state index < -0.39 is 18.5 Å². The van der Waals surface area contributed by atoms with Crippen LogP contribution in [0.5, 0.6) is 0 Å². The molecule has 0 saturated heterocycles. The Kier molecular flexibility index (Phi) is 5.60. The number of carboxylic acid groups (broad SMARTS) is 1. The molecule has 106 valence electrons. The minimum absolute atomic E-state index is 0.214. The molecule has 0 heterocycles. The molecule has 5 nitrogen and oxygen atoms in total. The summed E-state index contributed by atoms with van der Waals surface area (Å²) in [6.07, 6.45) is 5.57. The summed E-state index contributed by atoms with van der Waals surface area (Å²) in [4.78, 5) is 24.2. The minimum atomic E-state index is -1.08. The van der Waals surface area contributed by atoms with Crippen LogP contribution in [-0.2, 0) is 4.79 Å². The van der Waals surface area contributed by atoms with E-state index in [0.717, 1.165) is 5.56 Å². The molecular formula is C15H18N2O3. The molecule has 0 spiro atoms. The van der Waals surface area contributed by atoms with Crippen LogP contribution in [0.2, 0.25) is 0 Å². The molecule has 0 fully saturated rings. The number of hydrogen-bond acceptors (Lipinski definition) is 2. The second-order valence-corrected chi connectivity index (χ2v) is 4.57. The molecule has 5 heteroatoms. The summed E-state index contributed by atoms with van der Waals surface area (Å²) in [5.74, 6) is 1.37. The van der Waals surface area contributed by atoms with Crippen molar-refractivity contribution in [3.8, 4) is 12.3 Å². The van der Waals surface area contributed by atoms with E-state index in [1.54, 1.807) is 19.1 Å². The van der Waals surface area contributed by atoms with Crippen molar-refractivity contribution >= 4 is 17.7 Å². The third-order valence-corrected chi connectivity index (χ3v) is 2.68. The zero-order valence-electron chi connectivity index (χ0n) is 11.6. The van der Waals surface area contributed by atoms with Crippen LogP contribution in [0.3, 0.4) is 0 Å². The zero-order chi connectivity index (χ0) is 15.1. The molecule has 0 aliphatic rings. The van der Waals surface area contributed by atoms with Gasteiger partial charge in [-0.15, -0.1) is 12.3 Å². The third-order valence-electron chi connectivity index (χ3n) is 2.68. The first-order chi connectivity index (χ1) is 9.43. The fourth-order valence-corrected chi connectivity index (χ4v) is 1.66. The van der Waals surface area contributed by atoms with Gasteiger partial charge in [-0.25, -0.2) is 4.79 Å². The Labute approximate surface area is 118 Å². The van der Waals surface area contributed by atoms with Gasteiger partial charge in [0.15, 0.2) is 0 Å². The molecule has 0 saturated carbocycles. The van der Waals surface area contributed by atoms with Gasteiger partial charge in [-0.1, -0.05) is 17.7 Å². The number of nitrogens with one attached hydrogen (secondary N) is 1. The lowest BCUT2D eigenvalue weighted by Gasteiger charge is -2.23. The summed E-state index contributed by atoms with van der Waals surface area (Å²) in [6.45, 7) is 3.28. The van der Waals surface area contributed by atoms with E-state index in [4.69, 9.17) is 11.5 Å². The monoisotopic (exact) mass is 274 g/mol.